The number of hydrogen-bond acceptors (Lipinski definition) is 9. The second-order valence-corrected chi connectivity index (χ2v) is 6.78. The molecule has 4 rings (SSSR count). The van der Waals surface area contributed by atoms with Crippen molar-refractivity contribution in [1.82, 2.24) is 24.5 Å². The van der Waals surface area contributed by atoms with Crippen molar-refractivity contribution in [2.24, 2.45) is 0 Å². The van der Waals surface area contributed by atoms with E-state index in [4.69, 9.17) is 14.5 Å². The zero-order valence-electron chi connectivity index (χ0n) is 17.2. The van der Waals surface area contributed by atoms with E-state index >= 15 is 0 Å². The zero-order valence-corrected chi connectivity index (χ0v) is 17.2. The van der Waals surface area contributed by atoms with Crippen molar-refractivity contribution in [3.8, 4) is 17.0 Å². The standard InChI is InChI=1S/C20H22N6O5/c1-29-17(27)13-31-20(28)25-10-8-24(9-11-25)16-5-7-26-18(23-16)15(12-22-26)14-4-3-6-21-19(14)30-2/h3-7,12H,8-11,13H2,1-2H3. The molecule has 3 aromatic rings. The van der Waals surface area contributed by atoms with Gasteiger partial charge in [0.25, 0.3) is 0 Å². The number of fused-ring (bicyclic) bond motifs is 1. The highest BCUT2D eigenvalue weighted by molar-refractivity contribution is 5.80. The highest BCUT2D eigenvalue weighted by Crippen LogP contribution is 2.31. The van der Waals surface area contributed by atoms with Gasteiger partial charge in [0, 0.05) is 44.1 Å². The van der Waals surface area contributed by atoms with E-state index in [2.05, 4.69) is 19.7 Å². The number of esters is 1. The van der Waals surface area contributed by atoms with E-state index < -0.39 is 18.7 Å². The third kappa shape index (κ3) is 4.20. The van der Waals surface area contributed by atoms with Crippen LogP contribution in [0.1, 0.15) is 0 Å². The average molecular weight is 426 g/mol. The normalized spacial score (nSPS) is 13.9. The summed E-state index contributed by atoms with van der Waals surface area (Å²) in [5.74, 6) is 0.690. The molecule has 11 nitrogen and oxygen atoms in total. The second kappa shape index (κ2) is 8.86. The number of amides is 1. The number of carbonyl (C=O) groups excluding carboxylic acids is 2. The molecule has 0 unspecified atom stereocenters. The number of methoxy groups -OCH3 is 2. The minimum Gasteiger partial charge on any atom is -0.481 e. The van der Waals surface area contributed by atoms with Crippen molar-refractivity contribution in [2.45, 2.75) is 0 Å². The number of pyridine rings is 1. The van der Waals surface area contributed by atoms with Crippen LogP contribution in [0.25, 0.3) is 16.8 Å². The highest BCUT2D eigenvalue weighted by Gasteiger charge is 2.24. The molecular weight excluding hydrogens is 404 g/mol. The van der Waals surface area contributed by atoms with Crippen molar-refractivity contribution in [1.29, 1.82) is 0 Å². The smallest absolute Gasteiger partial charge is 0.410 e. The molecule has 0 aliphatic carbocycles. The molecule has 11 heteroatoms. The van der Waals surface area contributed by atoms with Gasteiger partial charge in [-0.1, -0.05) is 0 Å². The van der Waals surface area contributed by atoms with Crippen molar-refractivity contribution in [3.05, 3.63) is 36.8 Å². The molecule has 1 saturated heterocycles. The third-order valence-corrected chi connectivity index (χ3v) is 5.01. The molecular formula is C20H22N6O5. The van der Waals surface area contributed by atoms with Gasteiger partial charge in [0.15, 0.2) is 12.3 Å². The number of aromatic nitrogens is 4. The van der Waals surface area contributed by atoms with E-state index in [9.17, 15) is 9.59 Å². The lowest BCUT2D eigenvalue weighted by Crippen LogP contribution is -2.49. The molecule has 3 aromatic heterocycles. The summed E-state index contributed by atoms with van der Waals surface area (Å²) in [5.41, 5.74) is 2.31. The maximum atomic E-state index is 12.1. The van der Waals surface area contributed by atoms with Crippen molar-refractivity contribution in [3.63, 3.8) is 0 Å². The summed E-state index contributed by atoms with van der Waals surface area (Å²) in [5, 5.41) is 4.38. The molecule has 0 radical (unpaired) electrons. The Morgan fingerprint density at radius 2 is 1.90 bits per heavy atom. The molecule has 31 heavy (non-hydrogen) atoms. The molecule has 1 fully saturated rings. The fourth-order valence-corrected chi connectivity index (χ4v) is 3.37. The van der Waals surface area contributed by atoms with Crippen LogP contribution in [0, 0.1) is 0 Å². The SMILES string of the molecule is COC(=O)COC(=O)N1CCN(c2ccn3ncc(-c4cccnc4OC)c3n2)CC1. The predicted molar refractivity (Wildman–Crippen MR) is 110 cm³/mol. The number of rotatable bonds is 5. The van der Waals surface area contributed by atoms with E-state index in [1.807, 2.05) is 24.4 Å². The number of piperazine rings is 1. The lowest BCUT2D eigenvalue weighted by molar-refractivity contribution is -0.144. The third-order valence-electron chi connectivity index (χ3n) is 5.01. The predicted octanol–water partition coefficient (Wildman–Crippen LogP) is 1.23. The van der Waals surface area contributed by atoms with Crippen LogP contribution in [0.15, 0.2) is 36.8 Å². The first-order chi connectivity index (χ1) is 15.1. The summed E-state index contributed by atoms with van der Waals surface area (Å²) >= 11 is 0. The first kappa shape index (κ1) is 20.4. The van der Waals surface area contributed by atoms with E-state index in [0.29, 0.717) is 37.7 Å². The summed E-state index contributed by atoms with van der Waals surface area (Å²) in [6.07, 6.45) is 4.72. The van der Waals surface area contributed by atoms with Gasteiger partial charge < -0.3 is 24.0 Å². The molecule has 1 aliphatic rings. The number of hydrogen-bond donors (Lipinski definition) is 0. The quantitative estimate of drug-likeness (QED) is 0.556. The zero-order chi connectivity index (χ0) is 21.8. The van der Waals surface area contributed by atoms with Gasteiger partial charge in [-0.2, -0.15) is 5.10 Å². The van der Waals surface area contributed by atoms with E-state index in [-0.39, 0.29) is 0 Å². The van der Waals surface area contributed by atoms with E-state index in [0.717, 1.165) is 16.9 Å². The number of anilines is 1. The summed E-state index contributed by atoms with van der Waals surface area (Å²) in [6, 6.07) is 5.63. The number of nitrogens with zero attached hydrogens (tertiary/aromatic N) is 6. The Bertz CT molecular complexity index is 1090. The lowest BCUT2D eigenvalue weighted by atomic mass is 10.1. The topological polar surface area (TPSA) is 111 Å². The van der Waals surface area contributed by atoms with Crippen LogP contribution in [-0.4, -0.2) is 83.5 Å². The minimum absolute atomic E-state index is 0.393. The molecule has 0 N–H and O–H groups in total. The van der Waals surface area contributed by atoms with Crippen molar-refractivity contribution in [2.75, 3.05) is 51.9 Å². The molecule has 1 aliphatic heterocycles. The van der Waals surface area contributed by atoms with Gasteiger partial charge in [-0.15, -0.1) is 0 Å². The van der Waals surface area contributed by atoms with Crippen LogP contribution in [0.2, 0.25) is 0 Å². The summed E-state index contributed by atoms with van der Waals surface area (Å²) in [7, 11) is 2.82. The van der Waals surface area contributed by atoms with Gasteiger partial charge in [0.1, 0.15) is 5.82 Å². The monoisotopic (exact) mass is 426 g/mol. The fraction of sp³-hybridized carbons (Fsp3) is 0.350. The van der Waals surface area contributed by atoms with Crippen LogP contribution in [0.3, 0.4) is 0 Å². The van der Waals surface area contributed by atoms with E-state index in [1.165, 1.54) is 7.11 Å². The van der Waals surface area contributed by atoms with Crippen LogP contribution in [0.4, 0.5) is 10.6 Å². The summed E-state index contributed by atoms with van der Waals surface area (Å²) < 4.78 is 16.5. The molecule has 0 atom stereocenters. The molecule has 1 amide bonds. The van der Waals surface area contributed by atoms with Crippen LogP contribution in [-0.2, 0) is 14.3 Å². The summed E-state index contributed by atoms with van der Waals surface area (Å²) in [6.45, 7) is 1.67. The van der Waals surface area contributed by atoms with Crippen molar-refractivity contribution >= 4 is 23.5 Å². The van der Waals surface area contributed by atoms with Crippen molar-refractivity contribution < 1.29 is 23.8 Å². The number of ether oxygens (including phenoxy) is 3. The maximum absolute atomic E-state index is 12.1. The molecule has 4 heterocycles. The number of carbonyl (C=O) groups is 2. The van der Waals surface area contributed by atoms with Gasteiger partial charge in [-0.3, -0.25) is 0 Å². The first-order valence-electron chi connectivity index (χ1n) is 9.68. The lowest BCUT2D eigenvalue weighted by Gasteiger charge is -2.34. The van der Waals surface area contributed by atoms with Gasteiger partial charge >= 0.3 is 12.1 Å². The molecule has 0 bridgehead atoms. The molecule has 0 spiro atoms. The average Bonchev–Trinajstić information content (AvgIpc) is 3.25. The van der Waals surface area contributed by atoms with Gasteiger partial charge in [0.2, 0.25) is 5.88 Å². The Balaban J connectivity index is 1.49. The Hall–Kier alpha value is -3.89. The summed E-state index contributed by atoms with van der Waals surface area (Å²) in [4.78, 5) is 35.9. The Morgan fingerprint density at radius 3 is 2.65 bits per heavy atom. The van der Waals surface area contributed by atoms with Gasteiger partial charge in [0.05, 0.1) is 26.0 Å². The van der Waals surface area contributed by atoms with Gasteiger partial charge in [-0.25, -0.2) is 24.1 Å². The minimum atomic E-state index is -0.591. The molecule has 0 saturated carbocycles. The highest BCUT2D eigenvalue weighted by atomic mass is 16.6. The molecule has 0 aromatic carbocycles. The second-order valence-electron chi connectivity index (χ2n) is 6.78. The fourth-order valence-electron chi connectivity index (χ4n) is 3.37. The van der Waals surface area contributed by atoms with Crippen LogP contribution >= 0.6 is 0 Å². The Kier molecular flexibility index (Phi) is 5.83. The first-order valence-corrected chi connectivity index (χ1v) is 9.68. The Morgan fingerprint density at radius 1 is 1.10 bits per heavy atom. The Labute approximate surface area is 178 Å². The largest absolute Gasteiger partial charge is 0.481 e. The van der Waals surface area contributed by atoms with Crippen LogP contribution in [0.5, 0.6) is 5.88 Å². The van der Waals surface area contributed by atoms with E-state index in [1.54, 1.807) is 28.9 Å². The van der Waals surface area contributed by atoms with Gasteiger partial charge in [-0.05, 0) is 18.2 Å². The van der Waals surface area contributed by atoms with Crippen LogP contribution < -0.4 is 9.64 Å². The maximum Gasteiger partial charge on any atom is 0.410 e. The molecule has 162 valence electrons.